The average molecular weight is 167 g/mol. The van der Waals surface area contributed by atoms with Crippen molar-refractivity contribution < 1.29 is 4.79 Å². The van der Waals surface area contributed by atoms with Crippen LogP contribution in [0.25, 0.3) is 0 Å². The highest BCUT2D eigenvalue weighted by atomic mass is 32.1. The Morgan fingerprint density at radius 3 is 3.00 bits per heavy atom. The zero-order valence-electron chi connectivity index (χ0n) is 6.00. The lowest BCUT2D eigenvalue weighted by Gasteiger charge is -1.97. The number of rotatable bonds is 1. The quantitative estimate of drug-likeness (QED) is 0.678. The summed E-state index contributed by atoms with van der Waals surface area (Å²) in [6.45, 7) is 0. The van der Waals surface area contributed by atoms with Crippen LogP contribution < -0.4 is 5.32 Å². The van der Waals surface area contributed by atoms with Crippen LogP contribution in [0, 0.1) is 0 Å². The molecule has 0 aliphatic heterocycles. The molecule has 0 aliphatic carbocycles. The molecule has 1 amide bonds. The minimum Gasteiger partial charge on any atom is -0.354 e. The van der Waals surface area contributed by atoms with E-state index in [4.69, 9.17) is 12.6 Å². The van der Waals surface area contributed by atoms with Gasteiger partial charge < -0.3 is 5.32 Å². The Morgan fingerprint density at radius 2 is 2.45 bits per heavy atom. The lowest BCUT2D eigenvalue weighted by molar-refractivity contribution is 0.0958. The second-order valence-electron chi connectivity index (χ2n) is 1.96. The fourth-order valence-corrected chi connectivity index (χ4v) is 0.836. The molecule has 11 heavy (non-hydrogen) atoms. The topological polar surface area (TPSA) is 42.0 Å². The van der Waals surface area contributed by atoms with Crippen molar-refractivity contribution in [3.63, 3.8) is 0 Å². The number of nitrogens with zero attached hydrogens (tertiary/aromatic N) is 1. The molecular weight excluding hydrogens is 160 g/mol. The molecule has 0 aliphatic rings. The third-order valence-corrected chi connectivity index (χ3v) is 1.45. The number of aromatic nitrogens is 1. The van der Waals surface area contributed by atoms with Crippen LogP contribution in [0.15, 0.2) is 23.2 Å². The Labute approximate surface area is 70.2 Å². The lowest BCUT2D eigenvalue weighted by Crippen LogP contribution is -2.18. The van der Waals surface area contributed by atoms with Crippen molar-refractivity contribution in [1.29, 1.82) is 0 Å². The molecule has 3 nitrogen and oxygen atoms in total. The summed E-state index contributed by atoms with van der Waals surface area (Å²) in [5.74, 6) is -0.211. The summed E-state index contributed by atoms with van der Waals surface area (Å²) in [4.78, 5) is 15.4. The largest absolute Gasteiger partial charge is 0.354 e. The predicted molar refractivity (Wildman–Crippen MR) is 43.5 cm³/mol. The molecule has 0 unspecified atom stereocenters. The standard InChI is InChI=1S/C7H7N2OS/c1-8-7(10)6-4-5(11)2-3-9-6/h2-4H,1H3,(H,8,10). The summed E-state index contributed by atoms with van der Waals surface area (Å²) >= 11 is 4.85. The Morgan fingerprint density at radius 1 is 1.73 bits per heavy atom. The van der Waals surface area contributed by atoms with Crippen molar-refractivity contribution in [2.75, 3.05) is 7.05 Å². The number of amides is 1. The number of pyridine rings is 1. The molecule has 57 valence electrons. The van der Waals surface area contributed by atoms with Crippen molar-refractivity contribution in [1.82, 2.24) is 10.3 Å². The first-order chi connectivity index (χ1) is 5.24. The first-order valence-corrected chi connectivity index (χ1v) is 3.50. The summed E-state index contributed by atoms with van der Waals surface area (Å²) in [5, 5.41) is 2.46. The number of carbonyl (C=O) groups is 1. The van der Waals surface area contributed by atoms with Gasteiger partial charge in [-0.15, -0.1) is 0 Å². The van der Waals surface area contributed by atoms with E-state index in [9.17, 15) is 4.79 Å². The van der Waals surface area contributed by atoms with Gasteiger partial charge in [0, 0.05) is 18.1 Å². The van der Waals surface area contributed by atoms with Crippen molar-refractivity contribution in [2.45, 2.75) is 4.90 Å². The number of hydrogen-bond acceptors (Lipinski definition) is 2. The molecule has 1 heterocycles. The highest BCUT2D eigenvalue weighted by Gasteiger charge is 2.03. The van der Waals surface area contributed by atoms with E-state index in [1.165, 1.54) is 6.20 Å². The van der Waals surface area contributed by atoms with Gasteiger partial charge in [0.15, 0.2) is 0 Å². The zero-order chi connectivity index (χ0) is 8.27. The molecule has 0 bridgehead atoms. The van der Waals surface area contributed by atoms with Crippen LogP contribution in [0.5, 0.6) is 0 Å². The predicted octanol–water partition coefficient (Wildman–Crippen LogP) is 0.998. The maximum absolute atomic E-state index is 10.9. The molecular formula is C7H7N2OS. The van der Waals surface area contributed by atoms with Gasteiger partial charge in [0.25, 0.3) is 5.91 Å². The second-order valence-corrected chi connectivity index (χ2v) is 2.43. The monoisotopic (exact) mass is 167 g/mol. The van der Waals surface area contributed by atoms with Crippen LogP contribution >= 0.6 is 12.6 Å². The van der Waals surface area contributed by atoms with E-state index in [0.29, 0.717) is 10.6 Å². The highest BCUT2D eigenvalue weighted by Crippen LogP contribution is 2.04. The van der Waals surface area contributed by atoms with Gasteiger partial charge in [0.1, 0.15) is 5.69 Å². The zero-order valence-corrected chi connectivity index (χ0v) is 6.81. The molecule has 1 radical (unpaired) electrons. The number of hydrogen-bond donors (Lipinski definition) is 1. The molecule has 0 aromatic carbocycles. The number of carbonyl (C=O) groups excluding carboxylic acids is 1. The van der Waals surface area contributed by atoms with Gasteiger partial charge in [-0.3, -0.25) is 9.78 Å². The Balaban J connectivity index is 2.96. The van der Waals surface area contributed by atoms with E-state index < -0.39 is 0 Å². The third kappa shape index (κ3) is 1.88. The van der Waals surface area contributed by atoms with Gasteiger partial charge in [-0.25, -0.2) is 0 Å². The van der Waals surface area contributed by atoms with Crippen LogP contribution in [0.4, 0.5) is 0 Å². The van der Waals surface area contributed by atoms with E-state index in [2.05, 4.69) is 10.3 Å². The lowest BCUT2D eigenvalue weighted by atomic mass is 10.3. The highest BCUT2D eigenvalue weighted by molar-refractivity contribution is 7.80. The van der Waals surface area contributed by atoms with E-state index in [1.807, 2.05) is 0 Å². The van der Waals surface area contributed by atoms with Crippen LogP contribution in [0.2, 0.25) is 0 Å². The van der Waals surface area contributed by atoms with Gasteiger partial charge in [-0.2, -0.15) is 0 Å². The van der Waals surface area contributed by atoms with Crippen molar-refractivity contribution in [3.8, 4) is 0 Å². The summed E-state index contributed by atoms with van der Waals surface area (Å²) in [5.41, 5.74) is 0.361. The SMILES string of the molecule is CNC(=O)c1cc([S])ccn1. The fraction of sp³-hybridized carbons (Fsp3) is 0.143. The van der Waals surface area contributed by atoms with Crippen LogP contribution in [-0.4, -0.2) is 17.9 Å². The van der Waals surface area contributed by atoms with Gasteiger partial charge in [0.2, 0.25) is 0 Å². The molecule has 0 atom stereocenters. The van der Waals surface area contributed by atoms with Crippen molar-refractivity contribution >= 4 is 18.5 Å². The first kappa shape index (κ1) is 7.94. The van der Waals surface area contributed by atoms with Gasteiger partial charge >= 0.3 is 0 Å². The molecule has 1 rings (SSSR count). The summed E-state index contributed by atoms with van der Waals surface area (Å²) < 4.78 is 0. The Hall–Kier alpha value is -1.16. The molecule has 1 aromatic heterocycles. The molecule has 1 N–H and O–H groups in total. The van der Waals surface area contributed by atoms with E-state index >= 15 is 0 Å². The minimum atomic E-state index is -0.211. The summed E-state index contributed by atoms with van der Waals surface area (Å²) in [7, 11) is 1.56. The Kier molecular flexibility index (Phi) is 2.38. The van der Waals surface area contributed by atoms with E-state index in [0.717, 1.165) is 0 Å². The van der Waals surface area contributed by atoms with Gasteiger partial charge in [-0.1, -0.05) is 12.6 Å². The van der Waals surface area contributed by atoms with Crippen LogP contribution in [0.1, 0.15) is 10.5 Å². The van der Waals surface area contributed by atoms with Gasteiger partial charge in [-0.05, 0) is 12.1 Å². The molecule has 4 heteroatoms. The smallest absolute Gasteiger partial charge is 0.269 e. The summed E-state index contributed by atoms with van der Waals surface area (Å²) in [6.07, 6.45) is 1.52. The maximum atomic E-state index is 10.9. The third-order valence-electron chi connectivity index (χ3n) is 1.19. The van der Waals surface area contributed by atoms with E-state index in [-0.39, 0.29) is 5.91 Å². The van der Waals surface area contributed by atoms with Crippen molar-refractivity contribution in [2.24, 2.45) is 0 Å². The van der Waals surface area contributed by atoms with Gasteiger partial charge in [0.05, 0.1) is 0 Å². The van der Waals surface area contributed by atoms with E-state index in [1.54, 1.807) is 19.2 Å². The second kappa shape index (κ2) is 3.30. The minimum absolute atomic E-state index is 0.211. The molecule has 0 saturated heterocycles. The molecule has 0 saturated carbocycles. The first-order valence-electron chi connectivity index (χ1n) is 3.09. The molecule has 0 spiro atoms. The fourth-order valence-electron chi connectivity index (χ4n) is 0.663. The average Bonchev–Trinajstić information content (AvgIpc) is 2.03. The molecule has 1 aromatic rings. The van der Waals surface area contributed by atoms with Crippen LogP contribution in [0.3, 0.4) is 0 Å². The normalized spacial score (nSPS) is 9.18. The summed E-state index contributed by atoms with van der Waals surface area (Å²) in [6, 6.07) is 3.23. The van der Waals surface area contributed by atoms with Crippen molar-refractivity contribution in [3.05, 3.63) is 24.0 Å². The molecule has 0 fully saturated rings. The maximum Gasteiger partial charge on any atom is 0.269 e. The number of nitrogens with one attached hydrogen (secondary N) is 1. The Bertz CT molecular complexity index is 275. The van der Waals surface area contributed by atoms with Crippen LogP contribution in [-0.2, 0) is 0 Å².